The van der Waals surface area contributed by atoms with Crippen LogP contribution >= 0.6 is 11.3 Å². The first kappa shape index (κ1) is 29.1. The maximum absolute atomic E-state index is 15.7. The van der Waals surface area contributed by atoms with Crippen molar-refractivity contribution in [2.24, 2.45) is 0 Å². The van der Waals surface area contributed by atoms with Gasteiger partial charge in [-0.05, 0) is 67.5 Å². The summed E-state index contributed by atoms with van der Waals surface area (Å²) in [6.07, 6.45) is 15.3. The second-order valence-corrected chi connectivity index (χ2v) is 9.28. The van der Waals surface area contributed by atoms with Gasteiger partial charge in [-0.25, -0.2) is 9.37 Å². The molecule has 0 aliphatic carbocycles. The number of likely N-dealkylation sites (N-methyl/N-ethyl adjacent to an activating group) is 1. The predicted molar refractivity (Wildman–Crippen MR) is 155 cm³/mol. The summed E-state index contributed by atoms with van der Waals surface area (Å²) in [4.78, 5) is 7.12. The number of terminal acetylenes is 1. The number of hydrogen-bond donors (Lipinski definition) is 2. The Kier molecular flexibility index (Phi) is 10.4. The van der Waals surface area contributed by atoms with E-state index in [4.69, 9.17) is 5.73 Å². The second kappa shape index (κ2) is 13.2. The standard InChI is InChI=1S/C28H30F2N4S.C2H2/c1-7-19(16-20(8-2)34(5)6)22-9-10-24(31)23(27(22)30)15-17(3)33-28-18(4)21(13-14-32-28)25-11-12-26(29)35-25;1-2/h7-14,16H,2-3,15,31H2,1,4-6H3,(H,32,33);1-2H/b19-7+,20-16+;. The van der Waals surface area contributed by atoms with Crippen LogP contribution in [0.25, 0.3) is 16.0 Å². The first-order chi connectivity index (χ1) is 17.7. The van der Waals surface area contributed by atoms with E-state index in [0.29, 0.717) is 28.3 Å². The van der Waals surface area contributed by atoms with Gasteiger partial charge in [0, 0.05) is 65.4 Å². The first-order valence-corrected chi connectivity index (χ1v) is 12.2. The third-order valence-corrected chi connectivity index (χ3v) is 6.57. The van der Waals surface area contributed by atoms with E-state index in [2.05, 4.69) is 36.3 Å². The summed E-state index contributed by atoms with van der Waals surface area (Å²) < 4.78 is 29.2. The highest BCUT2D eigenvalue weighted by Gasteiger charge is 2.17. The van der Waals surface area contributed by atoms with Crippen molar-refractivity contribution in [1.29, 1.82) is 0 Å². The van der Waals surface area contributed by atoms with Crippen molar-refractivity contribution in [3.05, 3.63) is 107 Å². The summed E-state index contributed by atoms with van der Waals surface area (Å²) in [6.45, 7) is 11.7. The van der Waals surface area contributed by atoms with Crippen molar-refractivity contribution in [1.82, 2.24) is 9.88 Å². The number of thiophene rings is 1. The molecule has 37 heavy (non-hydrogen) atoms. The molecule has 7 heteroatoms. The van der Waals surface area contributed by atoms with Gasteiger partial charge in [0.25, 0.3) is 0 Å². The summed E-state index contributed by atoms with van der Waals surface area (Å²) in [5.74, 6) is 0.182. The van der Waals surface area contributed by atoms with E-state index in [1.165, 1.54) is 6.07 Å². The number of halogens is 2. The van der Waals surface area contributed by atoms with Crippen LogP contribution in [0.4, 0.5) is 20.3 Å². The van der Waals surface area contributed by atoms with Gasteiger partial charge in [0.1, 0.15) is 11.6 Å². The summed E-state index contributed by atoms with van der Waals surface area (Å²) in [5, 5.41) is 2.94. The molecule has 2 aromatic heterocycles. The predicted octanol–water partition coefficient (Wildman–Crippen LogP) is 7.43. The summed E-state index contributed by atoms with van der Waals surface area (Å²) in [6, 6.07) is 8.41. The van der Waals surface area contributed by atoms with Crippen LogP contribution in [0.3, 0.4) is 0 Å². The van der Waals surface area contributed by atoms with Gasteiger partial charge in [0.2, 0.25) is 0 Å². The van der Waals surface area contributed by atoms with E-state index in [0.717, 1.165) is 38.6 Å². The average Bonchev–Trinajstić information content (AvgIpc) is 3.31. The molecule has 0 aliphatic heterocycles. The molecule has 0 amide bonds. The lowest BCUT2D eigenvalue weighted by atomic mass is 9.97. The van der Waals surface area contributed by atoms with Gasteiger partial charge in [-0.3, -0.25) is 0 Å². The Morgan fingerprint density at radius 2 is 1.89 bits per heavy atom. The van der Waals surface area contributed by atoms with E-state index < -0.39 is 5.82 Å². The first-order valence-electron chi connectivity index (χ1n) is 11.4. The Morgan fingerprint density at radius 1 is 1.19 bits per heavy atom. The number of hydrogen-bond acceptors (Lipinski definition) is 5. The van der Waals surface area contributed by atoms with Crippen molar-refractivity contribution >= 4 is 28.4 Å². The molecule has 3 aromatic rings. The molecule has 0 aliphatic rings. The molecule has 2 heterocycles. The van der Waals surface area contributed by atoms with Crippen LogP contribution in [-0.4, -0.2) is 24.0 Å². The summed E-state index contributed by atoms with van der Waals surface area (Å²) >= 11 is 1.07. The summed E-state index contributed by atoms with van der Waals surface area (Å²) in [5.41, 5.74) is 11.1. The molecule has 3 N–H and O–H groups in total. The zero-order valence-electron chi connectivity index (χ0n) is 21.6. The van der Waals surface area contributed by atoms with Crippen LogP contribution < -0.4 is 11.1 Å². The molecule has 192 valence electrons. The molecule has 0 unspecified atom stereocenters. The molecule has 0 saturated heterocycles. The Labute approximate surface area is 222 Å². The highest BCUT2D eigenvalue weighted by atomic mass is 32.1. The number of nitrogens with two attached hydrogens (primary N) is 1. The van der Waals surface area contributed by atoms with Crippen molar-refractivity contribution in [2.75, 3.05) is 25.1 Å². The average molecular weight is 519 g/mol. The number of anilines is 2. The van der Waals surface area contributed by atoms with Crippen molar-refractivity contribution < 1.29 is 8.78 Å². The van der Waals surface area contributed by atoms with E-state index in [1.54, 1.807) is 30.5 Å². The van der Waals surface area contributed by atoms with Gasteiger partial charge < -0.3 is 16.0 Å². The van der Waals surface area contributed by atoms with Gasteiger partial charge in [-0.15, -0.1) is 24.2 Å². The smallest absolute Gasteiger partial charge is 0.176 e. The van der Waals surface area contributed by atoms with E-state index in [1.807, 2.05) is 51.1 Å². The zero-order valence-corrected chi connectivity index (χ0v) is 22.4. The lowest BCUT2D eigenvalue weighted by Gasteiger charge is -2.17. The van der Waals surface area contributed by atoms with Crippen LogP contribution in [0.15, 0.2) is 79.3 Å². The number of nitrogens with zero attached hydrogens (tertiary/aromatic N) is 2. The molecule has 0 atom stereocenters. The zero-order chi connectivity index (χ0) is 27.7. The Bertz CT molecular complexity index is 1360. The number of allylic oxidation sites excluding steroid dienone is 5. The topological polar surface area (TPSA) is 54.2 Å². The second-order valence-electron chi connectivity index (χ2n) is 8.25. The molecular weight excluding hydrogens is 486 g/mol. The monoisotopic (exact) mass is 518 g/mol. The largest absolute Gasteiger partial charge is 0.398 e. The van der Waals surface area contributed by atoms with Crippen LogP contribution in [0.5, 0.6) is 0 Å². The molecule has 0 spiro atoms. The van der Waals surface area contributed by atoms with Crippen LogP contribution in [0.2, 0.25) is 0 Å². The number of nitrogen functional groups attached to an aromatic ring is 1. The summed E-state index contributed by atoms with van der Waals surface area (Å²) in [7, 11) is 3.81. The lowest BCUT2D eigenvalue weighted by Crippen LogP contribution is -2.10. The number of rotatable bonds is 9. The van der Waals surface area contributed by atoms with Crippen LogP contribution in [0, 0.1) is 30.7 Å². The van der Waals surface area contributed by atoms with E-state index in [-0.39, 0.29) is 11.6 Å². The lowest BCUT2D eigenvalue weighted by molar-refractivity contribution is 0.530. The van der Waals surface area contributed by atoms with Gasteiger partial charge in [0.05, 0.1) is 0 Å². The van der Waals surface area contributed by atoms with E-state index >= 15 is 4.39 Å². The minimum atomic E-state index is -0.396. The fourth-order valence-corrected chi connectivity index (χ4v) is 4.51. The molecule has 1 aromatic carbocycles. The number of aromatic nitrogens is 1. The minimum absolute atomic E-state index is 0.174. The Morgan fingerprint density at radius 3 is 2.46 bits per heavy atom. The van der Waals surface area contributed by atoms with Crippen molar-refractivity contribution in [3.63, 3.8) is 0 Å². The van der Waals surface area contributed by atoms with Gasteiger partial charge in [0.15, 0.2) is 5.13 Å². The minimum Gasteiger partial charge on any atom is -0.398 e. The van der Waals surface area contributed by atoms with E-state index in [9.17, 15) is 4.39 Å². The maximum Gasteiger partial charge on any atom is 0.176 e. The molecule has 4 nitrogen and oxygen atoms in total. The van der Waals surface area contributed by atoms with Crippen molar-refractivity contribution in [3.8, 4) is 23.3 Å². The molecule has 3 rings (SSSR count). The maximum atomic E-state index is 15.7. The fourth-order valence-electron chi connectivity index (χ4n) is 3.70. The molecule has 0 fully saturated rings. The fraction of sp³-hybridized carbons (Fsp3) is 0.167. The number of benzene rings is 1. The highest BCUT2D eigenvalue weighted by molar-refractivity contribution is 7.13. The van der Waals surface area contributed by atoms with Crippen LogP contribution in [-0.2, 0) is 6.42 Å². The Hall–Kier alpha value is -4.15. The molecule has 0 bridgehead atoms. The quantitative estimate of drug-likeness (QED) is 0.176. The highest BCUT2D eigenvalue weighted by Crippen LogP contribution is 2.33. The normalized spacial score (nSPS) is 11.4. The molecule has 0 radical (unpaired) electrons. The van der Waals surface area contributed by atoms with Crippen LogP contribution in [0.1, 0.15) is 23.6 Å². The number of pyridine rings is 1. The third kappa shape index (κ3) is 6.96. The van der Waals surface area contributed by atoms with Gasteiger partial charge >= 0.3 is 0 Å². The SMILES string of the molecule is C#C.C=C/C(=C\C(=C/C)c1ccc(N)c(CC(=C)Nc2nccc(-c3ccc(F)s3)c2C)c1F)N(C)C. The van der Waals surface area contributed by atoms with Crippen molar-refractivity contribution in [2.45, 2.75) is 20.3 Å². The third-order valence-electron chi connectivity index (χ3n) is 5.66. The number of nitrogens with one attached hydrogen (secondary N) is 1. The van der Waals surface area contributed by atoms with Gasteiger partial charge in [-0.1, -0.05) is 19.2 Å². The molecular formula is C30H32F2N4S. The van der Waals surface area contributed by atoms with Gasteiger partial charge in [-0.2, -0.15) is 4.39 Å². The molecule has 0 saturated carbocycles. The Balaban J connectivity index is 0.00000235.